The second kappa shape index (κ2) is 7.21. The maximum absolute atomic E-state index is 12.0. The van der Waals surface area contributed by atoms with E-state index in [1.807, 2.05) is 25.1 Å². The molecule has 2 aromatic heterocycles. The van der Waals surface area contributed by atoms with Crippen LogP contribution in [0, 0.1) is 6.92 Å². The van der Waals surface area contributed by atoms with Gasteiger partial charge in [0.1, 0.15) is 0 Å². The number of aromatic nitrogens is 3. The molecule has 1 N–H and O–H groups in total. The first kappa shape index (κ1) is 17.8. The van der Waals surface area contributed by atoms with E-state index in [2.05, 4.69) is 28.2 Å². The molecule has 1 aromatic carbocycles. The molecule has 4 rings (SSSR count). The Kier molecular flexibility index (Phi) is 4.76. The molecule has 0 unspecified atom stereocenters. The van der Waals surface area contributed by atoms with E-state index in [-0.39, 0.29) is 12.1 Å². The lowest BCUT2D eigenvalue weighted by atomic mass is 9.91. The molecule has 1 aliphatic rings. The molecule has 0 aliphatic carbocycles. The first-order chi connectivity index (χ1) is 13.0. The number of hydrogen-bond donors (Lipinski definition) is 1. The zero-order valence-electron chi connectivity index (χ0n) is 15.5. The number of aryl methyl sites for hydroxylation is 1. The average molecular weight is 364 g/mol. The molecule has 0 saturated carbocycles. The fraction of sp³-hybridized carbons (Fsp3) is 0.381. The molecule has 6 nitrogen and oxygen atoms in total. The van der Waals surface area contributed by atoms with E-state index in [9.17, 15) is 9.90 Å². The fourth-order valence-corrected chi connectivity index (χ4v) is 3.65. The first-order valence-corrected chi connectivity index (χ1v) is 9.35. The fourth-order valence-electron chi connectivity index (χ4n) is 3.65. The Balaban J connectivity index is 1.40. The van der Waals surface area contributed by atoms with Crippen molar-refractivity contribution in [3.05, 3.63) is 70.3 Å². The van der Waals surface area contributed by atoms with Gasteiger partial charge >= 0.3 is 0 Å². The third-order valence-electron chi connectivity index (χ3n) is 5.27. The van der Waals surface area contributed by atoms with Gasteiger partial charge in [-0.25, -0.2) is 4.68 Å². The van der Waals surface area contributed by atoms with Crippen molar-refractivity contribution in [3.63, 3.8) is 0 Å². The van der Waals surface area contributed by atoms with Gasteiger partial charge in [-0.05, 0) is 38.0 Å². The van der Waals surface area contributed by atoms with Crippen LogP contribution >= 0.6 is 0 Å². The SMILES string of the molecule is Cc1ccc(=O)n(CC2(O)CCN(Cc3ccc4ccccc4n3)CC2)n1. The number of piperidine rings is 1. The van der Waals surface area contributed by atoms with Crippen LogP contribution in [0.1, 0.15) is 24.2 Å². The van der Waals surface area contributed by atoms with E-state index >= 15 is 0 Å². The minimum absolute atomic E-state index is 0.170. The summed E-state index contributed by atoms with van der Waals surface area (Å²) >= 11 is 0. The number of aliphatic hydroxyl groups is 1. The average Bonchev–Trinajstić information content (AvgIpc) is 2.67. The highest BCUT2D eigenvalue weighted by Gasteiger charge is 2.33. The Morgan fingerprint density at radius 3 is 2.67 bits per heavy atom. The van der Waals surface area contributed by atoms with Crippen LogP contribution in [0.15, 0.2) is 53.3 Å². The van der Waals surface area contributed by atoms with Crippen LogP contribution in [-0.2, 0) is 13.1 Å². The van der Waals surface area contributed by atoms with Crippen LogP contribution in [0.2, 0.25) is 0 Å². The Morgan fingerprint density at radius 1 is 1.07 bits per heavy atom. The summed E-state index contributed by atoms with van der Waals surface area (Å²) < 4.78 is 1.38. The lowest BCUT2D eigenvalue weighted by molar-refractivity contribution is -0.0392. The van der Waals surface area contributed by atoms with Gasteiger partial charge in [0.2, 0.25) is 0 Å². The molecule has 0 atom stereocenters. The number of pyridine rings is 1. The normalized spacial score (nSPS) is 17.3. The summed E-state index contributed by atoms with van der Waals surface area (Å²) in [5.41, 5.74) is 1.76. The van der Waals surface area contributed by atoms with Crippen LogP contribution in [-0.4, -0.2) is 43.5 Å². The van der Waals surface area contributed by atoms with Crippen molar-refractivity contribution in [3.8, 4) is 0 Å². The third kappa shape index (κ3) is 4.07. The van der Waals surface area contributed by atoms with Gasteiger partial charge in [0, 0.05) is 31.1 Å². The highest BCUT2D eigenvalue weighted by molar-refractivity contribution is 5.78. The van der Waals surface area contributed by atoms with Crippen LogP contribution in [0.25, 0.3) is 10.9 Å². The molecule has 1 aliphatic heterocycles. The largest absolute Gasteiger partial charge is 0.388 e. The van der Waals surface area contributed by atoms with E-state index in [4.69, 9.17) is 4.98 Å². The third-order valence-corrected chi connectivity index (χ3v) is 5.27. The number of hydrogen-bond acceptors (Lipinski definition) is 5. The highest BCUT2D eigenvalue weighted by Crippen LogP contribution is 2.24. The smallest absolute Gasteiger partial charge is 0.266 e. The predicted octanol–water partition coefficient (Wildman–Crippen LogP) is 2.13. The van der Waals surface area contributed by atoms with Crippen molar-refractivity contribution in [2.45, 2.75) is 38.5 Å². The van der Waals surface area contributed by atoms with Crippen molar-refractivity contribution in [1.82, 2.24) is 19.7 Å². The molecule has 140 valence electrons. The second-order valence-corrected chi connectivity index (χ2v) is 7.47. The molecule has 27 heavy (non-hydrogen) atoms. The van der Waals surface area contributed by atoms with E-state index in [1.54, 1.807) is 6.07 Å². The summed E-state index contributed by atoms with van der Waals surface area (Å²) in [5, 5.41) is 16.3. The second-order valence-electron chi connectivity index (χ2n) is 7.47. The number of benzene rings is 1. The summed E-state index contributed by atoms with van der Waals surface area (Å²) in [6.07, 6.45) is 1.23. The molecule has 3 heterocycles. The van der Waals surface area contributed by atoms with Gasteiger partial charge in [0.15, 0.2) is 0 Å². The van der Waals surface area contributed by atoms with Gasteiger partial charge in [0.25, 0.3) is 5.56 Å². The molecular formula is C21H24N4O2. The monoisotopic (exact) mass is 364 g/mol. The molecule has 1 saturated heterocycles. The summed E-state index contributed by atoms with van der Waals surface area (Å²) in [6.45, 7) is 4.40. The molecule has 0 radical (unpaired) electrons. The summed E-state index contributed by atoms with van der Waals surface area (Å²) in [5.74, 6) is 0. The zero-order valence-corrected chi connectivity index (χ0v) is 15.5. The maximum atomic E-state index is 12.0. The lowest BCUT2D eigenvalue weighted by Gasteiger charge is -2.38. The van der Waals surface area contributed by atoms with E-state index < -0.39 is 5.60 Å². The topological polar surface area (TPSA) is 71.2 Å². The van der Waals surface area contributed by atoms with Crippen molar-refractivity contribution < 1.29 is 5.11 Å². The Labute approximate surface area is 158 Å². The molecule has 3 aromatic rings. The van der Waals surface area contributed by atoms with Crippen molar-refractivity contribution >= 4 is 10.9 Å². The van der Waals surface area contributed by atoms with Gasteiger partial charge in [-0.2, -0.15) is 5.10 Å². The zero-order chi connectivity index (χ0) is 18.9. The van der Waals surface area contributed by atoms with Gasteiger partial charge in [-0.3, -0.25) is 14.7 Å². The number of fused-ring (bicyclic) bond motifs is 1. The Bertz CT molecular complexity index is 1010. The molecule has 0 amide bonds. The van der Waals surface area contributed by atoms with Crippen LogP contribution in [0.4, 0.5) is 0 Å². The summed E-state index contributed by atoms with van der Waals surface area (Å²) in [7, 11) is 0. The van der Waals surface area contributed by atoms with Crippen LogP contribution in [0.3, 0.4) is 0 Å². The molecule has 0 bridgehead atoms. The Hall–Kier alpha value is -2.57. The predicted molar refractivity (Wildman–Crippen MR) is 104 cm³/mol. The number of para-hydroxylation sites is 1. The van der Waals surface area contributed by atoms with Crippen molar-refractivity contribution in [1.29, 1.82) is 0 Å². The molecular weight excluding hydrogens is 340 g/mol. The minimum atomic E-state index is -0.891. The van der Waals surface area contributed by atoms with E-state index in [1.165, 1.54) is 10.7 Å². The standard InChI is InChI=1S/C21H24N4O2/c1-16-6-9-20(26)25(23-16)15-21(27)10-12-24(13-11-21)14-18-8-7-17-4-2-3-5-19(17)22-18/h2-9,27H,10-15H2,1H3. The van der Waals surface area contributed by atoms with Crippen molar-refractivity contribution in [2.24, 2.45) is 0 Å². The number of likely N-dealkylation sites (tertiary alicyclic amines) is 1. The highest BCUT2D eigenvalue weighted by atomic mass is 16.3. The van der Waals surface area contributed by atoms with Crippen molar-refractivity contribution in [2.75, 3.05) is 13.1 Å². The van der Waals surface area contributed by atoms with Gasteiger partial charge in [-0.1, -0.05) is 24.3 Å². The number of rotatable bonds is 4. The Morgan fingerprint density at radius 2 is 1.85 bits per heavy atom. The van der Waals surface area contributed by atoms with Crippen LogP contribution < -0.4 is 5.56 Å². The maximum Gasteiger partial charge on any atom is 0.266 e. The molecule has 6 heteroatoms. The minimum Gasteiger partial charge on any atom is -0.388 e. The molecule has 0 spiro atoms. The summed E-state index contributed by atoms with van der Waals surface area (Å²) in [6, 6.07) is 15.5. The first-order valence-electron chi connectivity index (χ1n) is 9.35. The molecule has 1 fully saturated rings. The van der Waals surface area contributed by atoms with Gasteiger partial charge in [0.05, 0.1) is 29.1 Å². The lowest BCUT2D eigenvalue weighted by Crippen LogP contribution is -2.48. The van der Waals surface area contributed by atoms with Crippen LogP contribution in [0.5, 0.6) is 0 Å². The van der Waals surface area contributed by atoms with E-state index in [0.717, 1.165) is 41.9 Å². The van der Waals surface area contributed by atoms with Gasteiger partial charge < -0.3 is 5.11 Å². The van der Waals surface area contributed by atoms with E-state index in [0.29, 0.717) is 12.8 Å². The summed E-state index contributed by atoms with van der Waals surface area (Å²) in [4.78, 5) is 19.0. The van der Waals surface area contributed by atoms with Gasteiger partial charge in [-0.15, -0.1) is 0 Å². The number of nitrogens with zero attached hydrogens (tertiary/aromatic N) is 4. The quantitative estimate of drug-likeness (QED) is 0.768.